The Labute approximate surface area is 233 Å². The molecule has 38 heavy (non-hydrogen) atoms. The van der Waals surface area contributed by atoms with Crippen LogP contribution in [0, 0.1) is 20.8 Å². The fourth-order valence-corrected chi connectivity index (χ4v) is 6.37. The zero-order chi connectivity index (χ0) is 27.4. The monoisotopic (exact) mass is 600 g/mol. The Kier molecular flexibility index (Phi) is 8.92. The van der Waals surface area contributed by atoms with Crippen LogP contribution in [-0.4, -0.2) is 56.9 Å². The zero-order valence-corrected chi connectivity index (χ0v) is 24.6. The summed E-state index contributed by atoms with van der Waals surface area (Å²) in [5.41, 5.74) is 5.56. The molecular formula is C29H33BrN2O5S. The summed E-state index contributed by atoms with van der Waals surface area (Å²) in [6.07, 6.45) is 0. The van der Waals surface area contributed by atoms with E-state index in [-0.39, 0.29) is 10.8 Å². The minimum Gasteiger partial charge on any atom is -0.488 e. The number of amides is 1. The number of benzene rings is 3. The van der Waals surface area contributed by atoms with Crippen molar-refractivity contribution in [2.75, 3.05) is 33.4 Å². The fourth-order valence-electron chi connectivity index (χ4n) is 4.51. The summed E-state index contributed by atoms with van der Waals surface area (Å²) in [6, 6.07) is 16.9. The third kappa shape index (κ3) is 6.46. The van der Waals surface area contributed by atoms with Gasteiger partial charge in [0.15, 0.2) is 0 Å². The molecule has 9 heteroatoms. The van der Waals surface area contributed by atoms with E-state index in [9.17, 15) is 13.2 Å². The number of carbonyl (C=O) groups excluding carboxylic acids is 1. The van der Waals surface area contributed by atoms with E-state index >= 15 is 0 Å². The topological polar surface area (TPSA) is 76.2 Å². The number of nitrogens with zero attached hydrogens (tertiary/aromatic N) is 2. The normalized spacial score (nSPS) is 14.3. The molecule has 0 radical (unpaired) electrons. The van der Waals surface area contributed by atoms with Gasteiger partial charge in [0.25, 0.3) is 5.91 Å². The predicted molar refractivity (Wildman–Crippen MR) is 151 cm³/mol. The highest BCUT2D eigenvalue weighted by Crippen LogP contribution is 2.28. The van der Waals surface area contributed by atoms with Crippen LogP contribution >= 0.6 is 15.9 Å². The van der Waals surface area contributed by atoms with Gasteiger partial charge in [-0.25, -0.2) is 8.42 Å². The summed E-state index contributed by atoms with van der Waals surface area (Å²) in [7, 11) is -2.00. The molecule has 0 saturated carbocycles. The molecule has 0 spiro atoms. The molecule has 1 fully saturated rings. The molecule has 0 aromatic heterocycles. The number of carbonyl (C=O) groups is 1. The van der Waals surface area contributed by atoms with Crippen molar-refractivity contribution < 1.29 is 22.7 Å². The van der Waals surface area contributed by atoms with Crippen LogP contribution in [0.5, 0.6) is 5.75 Å². The van der Waals surface area contributed by atoms with Gasteiger partial charge in [0, 0.05) is 31.2 Å². The minimum absolute atomic E-state index is 0.0983. The highest BCUT2D eigenvalue weighted by Gasteiger charge is 2.28. The van der Waals surface area contributed by atoms with Crippen molar-refractivity contribution in [2.45, 2.75) is 38.8 Å². The first-order valence-electron chi connectivity index (χ1n) is 12.5. The molecule has 1 heterocycles. The van der Waals surface area contributed by atoms with E-state index in [1.54, 1.807) is 18.0 Å². The number of ether oxygens (including phenoxy) is 2. The summed E-state index contributed by atoms with van der Waals surface area (Å²) in [5.74, 6) is 0.568. The van der Waals surface area contributed by atoms with Gasteiger partial charge < -0.3 is 14.4 Å². The molecule has 4 rings (SSSR count). The van der Waals surface area contributed by atoms with E-state index in [0.29, 0.717) is 49.5 Å². The lowest BCUT2D eigenvalue weighted by molar-refractivity contribution is 0.0730. The first-order valence-corrected chi connectivity index (χ1v) is 14.7. The van der Waals surface area contributed by atoms with E-state index < -0.39 is 10.0 Å². The number of morpholine rings is 1. The molecule has 0 N–H and O–H groups in total. The first-order chi connectivity index (χ1) is 18.1. The molecule has 0 unspecified atom stereocenters. The number of halogens is 1. The second-order valence-corrected chi connectivity index (χ2v) is 12.4. The Bertz CT molecular complexity index is 1390. The van der Waals surface area contributed by atoms with Gasteiger partial charge in [0.1, 0.15) is 12.4 Å². The maximum absolute atomic E-state index is 13.4. The summed E-state index contributed by atoms with van der Waals surface area (Å²) in [6.45, 7) is 8.22. The van der Waals surface area contributed by atoms with Crippen LogP contribution < -0.4 is 4.74 Å². The zero-order valence-electron chi connectivity index (χ0n) is 22.2. The molecule has 202 valence electrons. The smallest absolute Gasteiger partial charge is 0.255 e. The molecule has 3 aromatic carbocycles. The summed E-state index contributed by atoms with van der Waals surface area (Å²) in [5, 5.41) is 0. The van der Waals surface area contributed by atoms with Crippen molar-refractivity contribution >= 4 is 31.9 Å². The summed E-state index contributed by atoms with van der Waals surface area (Å²) >= 11 is 3.43. The number of hydrogen-bond donors (Lipinski definition) is 0. The lowest BCUT2D eigenvalue weighted by Crippen LogP contribution is -2.40. The SMILES string of the molecule is Cc1ccc(COc2c(C)cc(CN(C)C(=O)c3cc(S(=O)(=O)N4CCOCC4)ccc3Br)cc2C)cc1. The molecule has 7 nitrogen and oxygen atoms in total. The predicted octanol–water partition coefficient (Wildman–Crippen LogP) is 5.25. The number of sulfonamides is 1. The van der Waals surface area contributed by atoms with Crippen LogP contribution in [0.2, 0.25) is 0 Å². The van der Waals surface area contributed by atoms with Gasteiger partial charge in [-0.2, -0.15) is 4.31 Å². The van der Waals surface area contributed by atoms with E-state index in [1.807, 2.05) is 26.0 Å². The van der Waals surface area contributed by atoms with Gasteiger partial charge >= 0.3 is 0 Å². The number of hydrogen-bond acceptors (Lipinski definition) is 5. The van der Waals surface area contributed by atoms with Gasteiger partial charge in [-0.05, 0) is 77.2 Å². The largest absolute Gasteiger partial charge is 0.488 e. The Hall–Kier alpha value is -2.72. The average molecular weight is 602 g/mol. The highest BCUT2D eigenvalue weighted by molar-refractivity contribution is 9.10. The Balaban J connectivity index is 1.48. The molecule has 1 aliphatic rings. The maximum atomic E-state index is 13.4. The quantitative estimate of drug-likeness (QED) is 0.353. The van der Waals surface area contributed by atoms with Crippen LogP contribution in [0.1, 0.15) is 38.2 Å². The van der Waals surface area contributed by atoms with Gasteiger partial charge in [0.2, 0.25) is 10.0 Å². The average Bonchev–Trinajstić information content (AvgIpc) is 2.89. The lowest BCUT2D eigenvalue weighted by atomic mass is 10.0. The molecule has 0 atom stereocenters. The Morgan fingerprint density at radius 1 is 0.974 bits per heavy atom. The molecule has 0 aliphatic carbocycles. The van der Waals surface area contributed by atoms with Crippen molar-refractivity contribution in [3.63, 3.8) is 0 Å². The van der Waals surface area contributed by atoms with Crippen molar-refractivity contribution in [2.24, 2.45) is 0 Å². The van der Waals surface area contributed by atoms with Gasteiger partial charge in [-0.15, -0.1) is 0 Å². The maximum Gasteiger partial charge on any atom is 0.255 e. The summed E-state index contributed by atoms with van der Waals surface area (Å²) in [4.78, 5) is 15.1. The van der Waals surface area contributed by atoms with Crippen LogP contribution in [-0.2, 0) is 27.9 Å². The fraction of sp³-hybridized carbons (Fsp3) is 0.345. The van der Waals surface area contributed by atoms with E-state index in [1.165, 1.54) is 22.0 Å². The van der Waals surface area contributed by atoms with Crippen molar-refractivity contribution in [1.82, 2.24) is 9.21 Å². The van der Waals surface area contributed by atoms with Gasteiger partial charge in [-0.3, -0.25) is 4.79 Å². The first kappa shape index (κ1) is 28.3. The van der Waals surface area contributed by atoms with Crippen LogP contribution in [0.25, 0.3) is 0 Å². The van der Waals surface area contributed by atoms with Gasteiger partial charge in [-0.1, -0.05) is 42.0 Å². The van der Waals surface area contributed by atoms with E-state index in [4.69, 9.17) is 9.47 Å². The molecular weight excluding hydrogens is 568 g/mol. The third-order valence-electron chi connectivity index (χ3n) is 6.57. The molecule has 3 aromatic rings. The second-order valence-electron chi connectivity index (χ2n) is 9.65. The number of rotatable bonds is 8. The van der Waals surface area contributed by atoms with Crippen LogP contribution in [0.3, 0.4) is 0 Å². The van der Waals surface area contributed by atoms with Crippen molar-refractivity contribution in [3.05, 3.63) is 92.5 Å². The highest BCUT2D eigenvalue weighted by atomic mass is 79.9. The van der Waals surface area contributed by atoms with Crippen LogP contribution in [0.4, 0.5) is 0 Å². The Morgan fingerprint density at radius 2 is 1.61 bits per heavy atom. The molecule has 0 bridgehead atoms. The van der Waals surface area contributed by atoms with E-state index in [0.717, 1.165) is 28.0 Å². The molecule has 1 saturated heterocycles. The van der Waals surface area contributed by atoms with Crippen molar-refractivity contribution in [1.29, 1.82) is 0 Å². The lowest BCUT2D eigenvalue weighted by Gasteiger charge is -2.26. The molecule has 1 aliphatic heterocycles. The second kappa shape index (κ2) is 12.0. The van der Waals surface area contributed by atoms with Gasteiger partial charge in [0.05, 0.1) is 23.7 Å². The number of aryl methyl sites for hydroxylation is 3. The standard InChI is InChI=1S/C29H33BrN2O5S/c1-20-5-7-23(8-6-20)19-37-28-21(2)15-24(16-22(28)3)18-31(4)29(33)26-17-25(9-10-27(26)30)38(34,35)32-11-13-36-14-12-32/h5-10,15-17H,11-14,18-19H2,1-4H3. The molecule has 1 amide bonds. The van der Waals surface area contributed by atoms with Crippen LogP contribution in [0.15, 0.2) is 64.0 Å². The van der Waals surface area contributed by atoms with Crippen molar-refractivity contribution in [3.8, 4) is 5.75 Å². The van der Waals surface area contributed by atoms with E-state index in [2.05, 4.69) is 47.1 Å². The Morgan fingerprint density at radius 3 is 2.24 bits per heavy atom. The third-order valence-corrected chi connectivity index (χ3v) is 9.15. The summed E-state index contributed by atoms with van der Waals surface area (Å²) < 4.78 is 39.6. The minimum atomic E-state index is -3.72.